The van der Waals surface area contributed by atoms with Crippen molar-refractivity contribution in [1.29, 1.82) is 0 Å². The van der Waals surface area contributed by atoms with E-state index in [0.717, 1.165) is 6.07 Å². The van der Waals surface area contributed by atoms with Crippen molar-refractivity contribution in [1.82, 2.24) is 0 Å². The quantitative estimate of drug-likeness (QED) is 0.906. The highest BCUT2D eigenvalue weighted by Gasteiger charge is 2.19. The molecule has 2 aromatic rings. The molecule has 0 unspecified atom stereocenters. The van der Waals surface area contributed by atoms with Crippen LogP contribution in [-0.4, -0.2) is 13.5 Å². The summed E-state index contributed by atoms with van der Waals surface area (Å²) in [5, 5.41) is 9.36. The predicted octanol–water partition coefficient (Wildman–Crippen LogP) is 3.08. The van der Waals surface area contributed by atoms with Gasteiger partial charge in [-0.2, -0.15) is 0 Å². The molecule has 0 aliphatic carbocycles. The number of aliphatic hydroxyl groups excluding tert-OH is 1. The molecule has 0 aliphatic rings. The topological polar surface area (TPSA) is 66.4 Å². The van der Waals surface area contributed by atoms with Gasteiger partial charge in [-0.05, 0) is 42.3 Å². The van der Waals surface area contributed by atoms with Crippen molar-refractivity contribution >= 4 is 27.3 Å². The van der Waals surface area contributed by atoms with Gasteiger partial charge in [0.1, 0.15) is 5.82 Å². The number of rotatable bonds is 4. The molecule has 0 spiro atoms. The summed E-state index contributed by atoms with van der Waals surface area (Å²) >= 11 is 5.62. The predicted molar refractivity (Wildman–Crippen MR) is 79.3 cm³/mol. The van der Waals surface area contributed by atoms with E-state index in [4.69, 9.17) is 11.6 Å². The molecule has 4 nitrogen and oxygen atoms in total. The second-order valence-corrected chi connectivity index (χ2v) is 6.52. The van der Waals surface area contributed by atoms with Crippen LogP contribution in [0.2, 0.25) is 5.02 Å². The molecule has 0 saturated heterocycles. The Labute approximate surface area is 127 Å². The lowest BCUT2D eigenvalue weighted by molar-refractivity contribution is 0.280. The maximum Gasteiger partial charge on any atom is 0.262 e. The Bertz CT molecular complexity index is 778. The number of nitrogens with one attached hydrogen (secondary N) is 1. The van der Waals surface area contributed by atoms with Gasteiger partial charge in [0, 0.05) is 5.02 Å². The first kappa shape index (κ1) is 15.8. The van der Waals surface area contributed by atoms with E-state index in [9.17, 15) is 17.9 Å². The molecule has 0 fully saturated rings. The molecule has 0 saturated carbocycles. The Morgan fingerprint density at radius 1 is 1.29 bits per heavy atom. The van der Waals surface area contributed by atoms with Crippen molar-refractivity contribution in [3.63, 3.8) is 0 Å². The number of benzene rings is 2. The highest BCUT2D eigenvalue weighted by Crippen LogP contribution is 2.25. The maximum atomic E-state index is 13.7. The van der Waals surface area contributed by atoms with Gasteiger partial charge in [-0.1, -0.05) is 23.7 Å². The molecule has 2 N–H and O–H groups in total. The third-order valence-corrected chi connectivity index (χ3v) is 4.78. The molecule has 0 amide bonds. The van der Waals surface area contributed by atoms with Crippen molar-refractivity contribution in [3.8, 4) is 0 Å². The van der Waals surface area contributed by atoms with Gasteiger partial charge in [0.05, 0.1) is 17.2 Å². The van der Waals surface area contributed by atoms with Crippen LogP contribution in [0.4, 0.5) is 10.1 Å². The van der Waals surface area contributed by atoms with Crippen molar-refractivity contribution < 1.29 is 17.9 Å². The second kappa shape index (κ2) is 6.01. The normalized spacial score (nSPS) is 11.4. The van der Waals surface area contributed by atoms with Crippen molar-refractivity contribution in [2.75, 3.05) is 4.72 Å². The van der Waals surface area contributed by atoms with Gasteiger partial charge in [-0.3, -0.25) is 4.72 Å². The van der Waals surface area contributed by atoms with Gasteiger partial charge in [0.2, 0.25) is 0 Å². The third-order valence-electron chi connectivity index (χ3n) is 3.03. The van der Waals surface area contributed by atoms with Crippen LogP contribution in [0.15, 0.2) is 41.3 Å². The van der Waals surface area contributed by atoms with E-state index in [0.29, 0.717) is 11.1 Å². The van der Waals surface area contributed by atoms with E-state index >= 15 is 0 Å². The van der Waals surface area contributed by atoms with Crippen LogP contribution < -0.4 is 4.72 Å². The van der Waals surface area contributed by atoms with Crippen molar-refractivity contribution in [3.05, 3.63) is 58.4 Å². The lowest BCUT2D eigenvalue weighted by Gasteiger charge is -2.13. The molecule has 0 aromatic heterocycles. The summed E-state index contributed by atoms with van der Waals surface area (Å²) in [7, 11) is -3.96. The van der Waals surface area contributed by atoms with Crippen LogP contribution in [-0.2, 0) is 16.6 Å². The lowest BCUT2D eigenvalue weighted by Crippen LogP contribution is -2.16. The molecule has 0 heterocycles. The zero-order valence-electron chi connectivity index (χ0n) is 11.1. The van der Waals surface area contributed by atoms with Crippen LogP contribution in [0.3, 0.4) is 0 Å². The van der Waals surface area contributed by atoms with Gasteiger partial charge < -0.3 is 5.11 Å². The third kappa shape index (κ3) is 3.34. The van der Waals surface area contributed by atoms with E-state index in [1.165, 1.54) is 24.3 Å². The number of halogens is 2. The number of sulfonamides is 1. The first-order valence-corrected chi connectivity index (χ1v) is 7.88. The van der Waals surface area contributed by atoms with E-state index in [1.54, 1.807) is 13.0 Å². The van der Waals surface area contributed by atoms with Gasteiger partial charge in [0.25, 0.3) is 10.0 Å². The maximum absolute atomic E-state index is 13.7. The molecule has 0 radical (unpaired) electrons. The summed E-state index contributed by atoms with van der Waals surface area (Å²) in [6, 6.07) is 8.20. The van der Waals surface area contributed by atoms with E-state index < -0.39 is 15.8 Å². The molecule has 7 heteroatoms. The fraction of sp³-hybridized carbons (Fsp3) is 0.143. The molecule has 2 aromatic carbocycles. The molecule has 0 bridgehead atoms. The SMILES string of the molecule is Cc1c(CO)cccc1S(=O)(=O)Nc1ccc(Cl)cc1F. The van der Waals surface area contributed by atoms with E-state index in [2.05, 4.69) is 4.72 Å². The average molecular weight is 330 g/mol. The highest BCUT2D eigenvalue weighted by atomic mass is 35.5. The molecule has 112 valence electrons. The summed E-state index contributed by atoms with van der Waals surface area (Å²) in [5.41, 5.74) is 0.726. The standard InChI is InChI=1S/C14H13ClFNO3S/c1-9-10(8-18)3-2-4-14(9)21(19,20)17-13-6-5-11(15)7-12(13)16/h2-7,17-18H,8H2,1H3. The van der Waals surface area contributed by atoms with E-state index in [-0.39, 0.29) is 22.2 Å². The highest BCUT2D eigenvalue weighted by molar-refractivity contribution is 7.92. The largest absolute Gasteiger partial charge is 0.392 e. The van der Waals surface area contributed by atoms with E-state index in [1.807, 2.05) is 0 Å². The summed E-state index contributed by atoms with van der Waals surface area (Å²) in [5.74, 6) is -0.762. The first-order chi connectivity index (χ1) is 9.85. The van der Waals surface area contributed by atoms with Crippen LogP contribution in [0.5, 0.6) is 0 Å². The molecule has 21 heavy (non-hydrogen) atoms. The average Bonchev–Trinajstić information content (AvgIpc) is 2.42. The monoisotopic (exact) mass is 329 g/mol. The molecular weight excluding hydrogens is 317 g/mol. The summed E-state index contributed by atoms with van der Waals surface area (Å²) in [6.45, 7) is 1.31. The minimum atomic E-state index is -3.96. The number of anilines is 1. The van der Waals surface area contributed by atoms with Crippen LogP contribution in [0.1, 0.15) is 11.1 Å². The smallest absolute Gasteiger partial charge is 0.262 e. The fourth-order valence-electron chi connectivity index (χ4n) is 1.89. The van der Waals surface area contributed by atoms with Crippen molar-refractivity contribution in [2.45, 2.75) is 18.4 Å². The second-order valence-electron chi connectivity index (χ2n) is 4.43. The molecule has 2 rings (SSSR count). The van der Waals surface area contributed by atoms with Gasteiger partial charge in [-0.15, -0.1) is 0 Å². The lowest BCUT2D eigenvalue weighted by atomic mass is 10.1. The molecule has 0 aliphatic heterocycles. The minimum absolute atomic E-state index is 0.0107. The Morgan fingerprint density at radius 2 is 2.00 bits per heavy atom. The fourth-order valence-corrected chi connectivity index (χ4v) is 3.41. The van der Waals surface area contributed by atoms with Crippen LogP contribution in [0.25, 0.3) is 0 Å². The molecular formula is C14H13ClFNO3S. The summed E-state index contributed by atoms with van der Waals surface area (Å²) < 4.78 is 40.5. The molecule has 0 atom stereocenters. The van der Waals surface area contributed by atoms with Crippen LogP contribution >= 0.6 is 11.6 Å². The van der Waals surface area contributed by atoms with Gasteiger partial charge in [0.15, 0.2) is 0 Å². The zero-order valence-corrected chi connectivity index (χ0v) is 12.7. The Kier molecular flexibility index (Phi) is 4.51. The summed E-state index contributed by atoms with van der Waals surface area (Å²) in [6.07, 6.45) is 0. The zero-order chi connectivity index (χ0) is 15.6. The van der Waals surface area contributed by atoms with Crippen molar-refractivity contribution in [2.24, 2.45) is 0 Å². The Morgan fingerprint density at radius 3 is 2.62 bits per heavy atom. The number of aliphatic hydroxyl groups is 1. The first-order valence-electron chi connectivity index (χ1n) is 6.02. The summed E-state index contributed by atoms with van der Waals surface area (Å²) in [4.78, 5) is -0.0107. The van der Waals surface area contributed by atoms with Crippen LogP contribution in [0, 0.1) is 12.7 Å². The van der Waals surface area contributed by atoms with Gasteiger partial charge >= 0.3 is 0 Å². The minimum Gasteiger partial charge on any atom is -0.392 e. The van der Waals surface area contributed by atoms with Gasteiger partial charge in [-0.25, -0.2) is 12.8 Å². The number of hydrogen-bond donors (Lipinski definition) is 2. The number of hydrogen-bond acceptors (Lipinski definition) is 3. The Balaban J connectivity index is 2.43. The Hall–Kier alpha value is -1.63.